The summed E-state index contributed by atoms with van der Waals surface area (Å²) in [6, 6.07) is 13.1. The Labute approximate surface area is 166 Å². The summed E-state index contributed by atoms with van der Waals surface area (Å²) < 4.78 is 16.2. The number of likely N-dealkylation sites (tertiary alicyclic amines) is 1. The highest BCUT2D eigenvalue weighted by molar-refractivity contribution is 5.95. The zero-order chi connectivity index (χ0) is 20.1. The van der Waals surface area contributed by atoms with Gasteiger partial charge in [-0.2, -0.15) is 0 Å². The highest BCUT2D eigenvalue weighted by atomic mass is 16.5. The molecule has 1 N–H and O–H groups in total. The summed E-state index contributed by atoms with van der Waals surface area (Å²) in [5, 5.41) is 3.00. The molecule has 0 saturated carbocycles. The van der Waals surface area contributed by atoms with Crippen LogP contribution in [0.4, 0.5) is 5.69 Å². The summed E-state index contributed by atoms with van der Waals surface area (Å²) in [5.74, 6) is 2.14. The fourth-order valence-corrected chi connectivity index (χ4v) is 3.82. The van der Waals surface area contributed by atoms with Gasteiger partial charge in [-0.25, -0.2) is 0 Å². The number of carbonyl (C=O) groups excluding carboxylic acids is 1. The van der Waals surface area contributed by atoms with Crippen LogP contribution in [-0.2, 0) is 4.79 Å². The molecule has 0 spiro atoms. The number of rotatable bonds is 7. The molecule has 0 bridgehead atoms. The quantitative estimate of drug-likeness (QED) is 0.785. The predicted molar refractivity (Wildman–Crippen MR) is 109 cm³/mol. The van der Waals surface area contributed by atoms with Gasteiger partial charge in [-0.05, 0) is 44.5 Å². The maximum Gasteiger partial charge on any atom is 0.241 e. The van der Waals surface area contributed by atoms with Crippen molar-refractivity contribution in [1.82, 2.24) is 4.90 Å². The van der Waals surface area contributed by atoms with Crippen LogP contribution in [0.1, 0.15) is 31.4 Å². The van der Waals surface area contributed by atoms with E-state index in [2.05, 4.69) is 10.2 Å². The molecule has 1 fully saturated rings. The number of nitrogens with one attached hydrogen (secondary N) is 1. The first-order chi connectivity index (χ1) is 13.6. The minimum Gasteiger partial charge on any atom is -0.497 e. The number of ether oxygens (including phenoxy) is 3. The zero-order valence-corrected chi connectivity index (χ0v) is 16.9. The summed E-state index contributed by atoms with van der Waals surface area (Å²) in [7, 11) is 4.90. The Balaban J connectivity index is 1.79. The van der Waals surface area contributed by atoms with Crippen LogP contribution in [0.15, 0.2) is 42.5 Å². The largest absolute Gasteiger partial charge is 0.497 e. The number of nitrogens with zero attached hydrogens (tertiary/aromatic N) is 1. The van der Waals surface area contributed by atoms with E-state index in [0.29, 0.717) is 11.4 Å². The van der Waals surface area contributed by atoms with Crippen LogP contribution < -0.4 is 19.5 Å². The molecule has 0 unspecified atom stereocenters. The first-order valence-corrected chi connectivity index (χ1v) is 9.50. The number of anilines is 1. The van der Waals surface area contributed by atoms with E-state index in [-0.39, 0.29) is 18.0 Å². The fourth-order valence-electron chi connectivity index (χ4n) is 3.82. The van der Waals surface area contributed by atoms with Gasteiger partial charge in [-0.1, -0.05) is 18.2 Å². The molecule has 1 saturated heterocycles. The van der Waals surface area contributed by atoms with Crippen LogP contribution in [0.3, 0.4) is 0 Å². The number of hydrogen-bond donors (Lipinski definition) is 1. The molecule has 0 aliphatic carbocycles. The number of methoxy groups -OCH3 is 3. The molecule has 2 aromatic rings. The van der Waals surface area contributed by atoms with Gasteiger partial charge in [0.15, 0.2) is 0 Å². The Morgan fingerprint density at radius 2 is 1.82 bits per heavy atom. The van der Waals surface area contributed by atoms with Crippen molar-refractivity contribution >= 4 is 11.6 Å². The predicted octanol–water partition coefficient (Wildman–Crippen LogP) is 3.88. The molecule has 0 aromatic heterocycles. The van der Waals surface area contributed by atoms with Crippen molar-refractivity contribution in [1.29, 1.82) is 0 Å². The van der Waals surface area contributed by atoms with Crippen molar-refractivity contribution < 1.29 is 19.0 Å². The molecule has 150 valence electrons. The lowest BCUT2D eigenvalue weighted by Gasteiger charge is -2.31. The van der Waals surface area contributed by atoms with Crippen LogP contribution in [0.25, 0.3) is 0 Å². The average molecular weight is 384 g/mol. The third kappa shape index (κ3) is 4.07. The van der Waals surface area contributed by atoms with Gasteiger partial charge in [0.05, 0.1) is 33.1 Å². The first-order valence-electron chi connectivity index (χ1n) is 9.50. The topological polar surface area (TPSA) is 60.0 Å². The number of benzene rings is 2. The third-order valence-electron chi connectivity index (χ3n) is 5.34. The van der Waals surface area contributed by atoms with Gasteiger partial charge in [0.1, 0.15) is 17.2 Å². The molecule has 6 heteroatoms. The van der Waals surface area contributed by atoms with Gasteiger partial charge in [-0.15, -0.1) is 0 Å². The van der Waals surface area contributed by atoms with E-state index < -0.39 is 0 Å². The van der Waals surface area contributed by atoms with Crippen molar-refractivity contribution in [2.24, 2.45) is 0 Å². The van der Waals surface area contributed by atoms with Crippen molar-refractivity contribution in [3.63, 3.8) is 0 Å². The van der Waals surface area contributed by atoms with E-state index in [1.54, 1.807) is 21.3 Å². The van der Waals surface area contributed by atoms with E-state index in [4.69, 9.17) is 14.2 Å². The monoisotopic (exact) mass is 384 g/mol. The normalized spacial score (nSPS) is 17.8. The fraction of sp³-hybridized carbons (Fsp3) is 0.409. The van der Waals surface area contributed by atoms with Crippen molar-refractivity contribution in [2.75, 3.05) is 33.2 Å². The van der Waals surface area contributed by atoms with Crippen molar-refractivity contribution in [3.8, 4) is 17.2 Å². The van der Waals surface area contributed by atoms with Crippen LogP contribution in [0.5, 0.6) is 17.2 Å². The van der Waals surface area contributed by atoms with E-state index in [0.717, 1.165) is 36.4 Å². The standard InChI is InChI=1S/C22H28N2O4/c1-15(22(25)23-18-8-5-6-10-20(18)27-3)24-13-7-9-19(24)17-12-11-16(26-2)14-21(17)28-4/h5-6,8,10-12,14-15,19H,7,9,13H2,1-4H3,(H,23,25)/t15-,19+/m0/s1. The second-order valence-electron chi connectivity index (χ2n) is 6.87. The third-order valence-corrected chi connectivity index (χ3v) is 5.34. The van der Waals surface area contributed by atoms with Crippen LogP contribution >= 0.6 is 0 Å². The molecule has 2 atom stereocenters. The zero-order valence-electron chi connectivity index (χ0n) is 16.9. The summed E-state index contributed by atoms with van der Waals surface area (Å²) >= 11 is 0. The highest BCUT2D eigenvalue weighted by Gasteiger charge is 2.34. The van der Waals surface area contributed by atoms with Crippen LogP contribution in [-0.4, -0.2) is 44.7 Å². The van der Waals surface area contributed by atoms with Gasteiger partial charge >= 0.3 is 0 Å². The van der Waals surface area contributed by atoms with E-state index in [1.165, 1.54) is 0 Å². The number of para-hydroxylation sites is 2. The summed E-state index contributed by atoms with van der Waals surface area (Å²) in [6.07, 6.45) is 2.01. The molecule has 1 aliphatic heterocycles. The lowest BCUT2D eigenvalue weighted by molar-refractivity contribution is -0.121. The Hall–Kier alpha value is -2.73. The molecule has 1 aliphatic rings. The number of amides is 1. The van der Waals surface area contributed by atoms with E-state index in [9.17, 15) is 4.79 Å². The van der Waals surface area contributed by atoms with Gasteiger partial charge in [0.25, 0.3) is 0 Å². The number of carbonyl (C=O) groups is 1. The Morgan fingerprint density at radius 3 is 2.54 bits per heavy atom. The van der Waals surface area contributed by atoms with E-state index in [1.807, 2.05) is 49.4 Å². The van der Waals surface area contributed by atoms with Gasteiger partial charge in [0.2, 0.25) is 5.91 Å². The molecule has 0 radical (unpaired) electrons. The molecule has 6 nitrogen and oxygen atoms in total. The minimum absolute atomic E-state index is 0.0520. The van der Waals surface area contributed by atoms with Crippen LogP contribution in [0, 0.1) is 0 Å². The Bertz CT molecular complexity index is 824. The number of hydrogen-bond acceptors (Lipinski definition) is 5. The molecular weight excluding hydrogens is 356 g/mol. The molecule has 1 amide bonds. The summed E-state index contributed by atoms with van der Waals surface area (Å²) in [4.78, 5) is 15.2. The molecule has 3 rings (SSSR count). The maximum atomic E-state index is 12.9. The van der Waals surface area contributed by atoms with Crippen LogP contribution in [0.2, 0.25) is 0 Å². The van der Waals surface area contributed by atoms with Crippen molar-refractivity contribution in [3.05, 3.63) is 48.0 Å². The molecule has 28 heavy (non-hydrogen) atoms. The molecule has 1 heterocycles. The molecule has 2 aromatic carbocycles. The Kier molecular flexibility index (Phi) is 6.41. The van der Waals surface area contributed by atoms with Gasteiger partial charge < -0.3 is 19.5 Å². The summed E-state index contributed by atoms with van der Waals surface area (Å²) in [6.45, 7) is 2.80. The lowest BCUT2D eigenvalue weighted by Crippen LogP contribution is -2.41. The second kappa shape index (κ2) is 8.97. The maximum absolute atomic E-state index is 12.9. The highest BCUT2D eigenvalue weighted by Crippen LogP contribution is 2.40. The Morgan fingerprint density at radius 1 is 1.07 bits per heavy atom. The lowest BCUT2D eigenvalue weighted by atomic mass is 10.0. The van der Waals surface area contributed by atoms with Gasteiger partial charge in [-0.3, -0.25) is 9.69 Å². The van der Waals surface area contributed by atoms with E-state index >= 15 is 0 Å². The summed E-state index contributed by atoms with van der Waals surface area (Å²) in [5.41, 5.74) is 1.76. The smallest absolute Gasteiger partial charge is 0.241 e. The van der Waals surface area contributed by atoms with Crippen molar-refractivity contribution in [2.45, 2.75) is 31.8 Å². The molecular formula is C22H28N2O4. The first kappa shape index (κ1) is 20.0. The SMILES string of the molecule is COc1ccc([C@H]2CCCN2[C@@H](C)C(=O)Nc2ccccc2OC)c(OC)c1. The average Bonchev–Trinajstić information content (AvgIpc) is 3.22. The second-order valence-corrected chi connectivity index (χ2v) is 6.87. The minimum atomic E-state index is -0.288. The van der Waals surface area contributed by atoms with Gasteiger partial charge in [0, 0.05) is 17.7 Å².